The maximum atomic E-state index is 10.7. The van der Waals surface area contributed by atoms with E-state index in [9.17, 15) is 4.79 Å². The van der Waals surface area contributed by atoms with Gasteiger partial charge in [-0.3, -0.25) is 9.20 Å². The van der Waals surface area contributed by atoms with Gasteiger partial charge in [-0.25, -0.2) is 4.98 Å². The molecule has 2 aromatic heterocycles. The number of carbonyl (C=O) groups is 1. The standard InChI is InChI=1S/C9H8BrN3O2/c10-6-3-12-7-2-1-5(4-13(6)7)8(11)9(14)15/h1-4,8H,11H2,(H,14,15). The molecule has 0 fully saturated rings. The Morgan fingerprint density at radius 3 is 3.00 bits per heavy atom. The second-order valence-corrected chi connectivity index (χ2v) is 3.90. The molecule has 0 spiro atoms. The first kappa shape index (κ1) is 10.1. The molecule has 0 aliphatic heterocycles. The van der Waals surface area contributed by atoms with Gasteiger partial charge in [0, 0.05) is 6.20 Å². The molecule has 0 saturated carbocycles. The maximum Gasteiger partial charge on any atom is 0.325 e. The largest absolute Gasteiger partial charge is 0.480 e. The average Bonchev–Trinajstić information content (AvgIpc) is 2.59. The van der Waals surface area contributed by atoms with Crippen molar-refractivity contribution >= 4 is 27.5 Å². The molecule has 15 heavy (non-hydrogen) atoms. The van der Waals surface area contributed by atoms with Crippen LogP contribution in [0.15, 0.2) is 29.1 Å². The van der Waals surface area contributed by atoms with E-state index in [0.717, 1.165) is 10.3 Å². The van der Waals surface area contributed by atoms with Crippen LogP contribution in [0.25, 0.3) is 5.65 Å². The minimum Gasteiger partial charge on any atom is -0.480 e. The Morgan fingerprint density at radius 2 is 2.33 bits per heavy atom. The summed E-state index contributed by atoms with van der Waals surface area (Å²) in [4.78, 5) is 14.8. The zero-order chi connectivity index (χ0) is 11.0. The molecular weight excluding hydrogens is 262 g/mol. The summed E-state index contributed by atoms with van der Waals surface area (Å²) in [6.07, 6.45) is 3.30. The molecule has 78 valence electrons. The second kappa shape index (κ2) is 3.63. The van der Waals surface area contributed by atoms with Gasteiger partial charge in [-0.2, -0.15) is 0 Å². The first-order valence-electron chi connectivity index (χ1n) is 4.20. The zero-order valence-electron chi connectivity index (χ0n) is 7.59. The number of pyridine rings is 1. The fourth-order valence-corrected chi connectivity index (χ4v) is 1.68. The van der Waals surface area contributed by atoms with Gasteiger partial charge >= 0.3 is 5.97 Å². The summed E-state index contributed by atoms with van der Waals surface area (Å²) in [6, 6.07) is 2.37. The minimum atomic E-state index is -1.05. The lowest BCUT2D eigenvalue weighted by molar-refractivity contribution is -0.138. The number of aromatic nitrogens is 2. The Labute approximate surface area is 93.7 Å². The van der Waals surface area contributed by atoms with E-state index in [4.69, 9.17) is 10.8 Å². The highest BCUT2D eigenvalue weighted by atomic mass is 79.9. The maximum absolute atomic E-state index is 10.7. The van der Waals surface area contributed by atoms with Crippen molar-refractivity contribution in [3.63, 3.8) is 0 Å². The van der Waals surface area contributed by atoms with Gasteiger partial charge in [0.25, 0.3) is 0 Å². The van der Waals surface area contributed by atoms with E-state index in [1.807, 2.05) is 0 Å². The van der Waals surface area contributed by atoms with Gasteiger partial charge < -0.3 is 10.8 Å². The lowest BCUT2D eigenvalue weighted by Gasteiger charge is -2.07. The summed E-state index contributed by atoms with van der Waals surface area (Å²) in [5.41, 5.74) is 6.77. The lowest BCUT2D eigenvalue weighted by atomic mass is 10.1. The fraction of sp³-hybridized carbons (Fsp3) is 0.111. The summed E-state index contributed by atoms with van der Waals surface area (Å²) in [5.74, 6) is -1.05. The number of hydrogen-bond donors (Lipinski definition) is 2. The van der Waals surface area contributed by atoms with Crippen LogP contribution in [0.3, 0.4) is 0 Å². The highest BCUT2D eigenvalue weighted by Crippen LogP contribution is 2.17. The van der Waals surface area contributed by atoms with Crippen LogP contribution >= 0.6 is 15.9 Å². The number of nitrogens with two attached hydrogens (primary N) is 1. The van der Waals surface area contributed by atoms with Crippen LogP contribution in [0.5, 0.6) is 0 Å². The Morgan fingerprint density at radius 1 is 1.60 bits per heavy atom. The van der Waals surface area contributed by atoms with E-state index in [-0.39, 0.29) is 0 Å². The van der Waals surface area contributed by atoms with Gasteiger partial charge in [-0.1, -0.05) is 6.07 Å². The third-order valence-electron chi connectivity index (χ3n) is 2.11. The lowest BCUT2D eigenvalue weighted by Crippen LogP contribution is -2.20. The van der Waals surface area contributed by atoms with Crippen molar-refractivity contribution in [1.29, 1.82) is 0 Å². The van der Waals surface area contributed by atoms with E-state index in [1.54, 1.807) is 28.9 Å². The third kappa shape index (κ3) is 1.73. The minimum absolute atomic E-state index is 0.536. The van der Waals surface area contributed by atoms with Crippen LogP contribution in [-0.2, 0) is 4.79 Å². The van der Waals surface area contributed by atoms with Gasteiger partial charge in [0.2, 0.25) is 0 Å². The number of carboxylic acid groups (broad SMARTS) is 1. The zero-order valence-corrected chi connectivity index (χ0v) is 9.18. The summed E-state index contributed by atoms with van der Waals surface area (Å²) in [5, 5.41) is 8.77. The number of imidazole rings is 1. The van der Waals surface area contributed by atoms with Crippen LogP contribution < -0.4 is 5.73 Å². The molecule has 0 saturated heterocycles. The first-order valence-corrected chi connectivity index (χ1v) is 5.00. The molecule has 1 atom stereocenters. The van der Waals surface area contributed by atoms with Gasteiger partial charge in [0.1, 0.15) is 16.3 Å². The van der Waals surface area contributed by atoms with Crippen molar-refractivity contribution in [3.8, 4) is 0 Å². The predicted octanol–water partition coefficient (Wildman–Crippen LogP) is 1.18. The van der Waals surface area contributed by atoms with Gasteiger partial charge in [0.05, 0.1) is 6.20 Å². The van der Waals surface area contributed by atoms with Crippen molar-refractivity contribution in [1.82, 2.24) is 9.38 Å². The van der Waals surface area contributed by atoms with Crippen molar-refractivity contribution < 1.29 is 9.90 Å². The highest BCUT2D eigenvalue weighted by Gasteiger charge is 2.15. The molecule has 0 radical (unpaired) electrons. The van der Waals surface area contributed by atoms with E-state index in [2.05, 4.69) is 20.9 Å². The molecule has 2 rings (SSSR count). The third-order valence-corrected chi connectivity index (χ3v) is 2.70. The summed E-state index contributed by atoms with van der Waals surface area (Å²) >= 11 is 3.30. The second-order valence-electron chi connectivity index (χ2n) is 3.09. The van der Waals surface area contributed by atoms with Crippen molar-refractivity contribution in [2.45, 2.75) is 6.04 Å². The molecule has 3 N–H and O–H groups in total. The van der Waals surface area contributed by atoms with Crippen molar-refractivity contribution in [2.24, 2.45) is 5.73 Å². The molecule has 5 nitrogen and oxygen atoms in total. The quantitative estimate of drug-likeness (QED) is 0.858. The number of halogens is 1. The molecule has 1 unspecified atom stereocenters. The summed E-state index contributed by atoms with van der Waals surface area (Å²) in [6.45, 7) is 0. The van der Waals surface area contributed by atoms with Gasteiger partial charge in [0.15, 0.2) is 0 Å². The number of carboxylic acids is 1. The van der Waals surface area contributed by atoms with Crippen molar-refractivity contribution in [2.75, 3.05) is 0 Å². The Kier molecular flexibility index (Phi) is 2.45. The van der Waals surface area contributed by atoms with Gasteiger partial charge in [-0.05, 0) is 27.6 Å². The molecule has 2 aromatic rings. The van der Waals surface area contributed by atoms with Crippen LogP contribution in [0.1, 0.15) is 11.6 Å². The number of hydrogen-bond acceptors (Lipinski definition) is 3. The van der Waals surface area contributed by atoms with Crippen LogP contribution in [-0.4, -0.2) is 20.5 Å². The van der Waals surface area contributed by atoms with Crippen LogP contribution in [0.2, 0.25) is 0 Å². The summed E-state index contributed by atoms with van der Waals surface area (Å²) < 4.78 is 2.50. The van der Waals surface area contributed by atoms with E-state index < -0.39 is 12.0 Å². The Balaban J connectivity index is 2.54. The molecule has 0 aliphatic carbocycles. The number of fused-ring (bicyclic) bond motifs is 1. The van der Waals surface area contributed by atoms with Crippen LogP contribution in [0, 0.1) is 0 Å². The fourth-order valence-electron chi connectivity index (χ4n) is 1.29. The molecular formula is C9H8BrN3O2. The number of aliphatic carboxylic acids is 1. The predicted molar refractivity (Wildman–Crippen MR) is 57.5 cm³/mol. The highest BCUT2D eigenvalue weighted by molar-refractivity contribution is 9.10. The topological polar surface area (TPSA) is 80.6 Å². The molecule has 6 heteroatoms. The number of nitrogens with zero attached hydrogens (tertiary/aromatic N) is 2. The molecule has 0 bridgehead atoms. The summed E-state index contributed by atoms with van der Waals surface area (Å²) in [7, 11) is 0. The number of rotatable bonds is 2. The first-order chi connectivity index (χ1) is 7.09. The van der Waals surface area contributed by atoms with Crippen LogP contribution in [0.4, 0.5) is 0 Å². The van der Waals surface area contributed by atoms with Crippen molar-refractivity contribution in [3.05, 3.63) is 34.7 Å². The van der Waals surface area contributed by atoms with E-state index in [0.29, 0.717) is 5.56 Å². The van der Waals surface area contributed by atoms with Gasteiger partial charge in [-0.15, -0.1) is 0 Å². The average molecular weight is 270 g/mol. The Hall–Kier alpha value is -1.40. The molecule has 2 heterocycles. The Bertz CT molecular complexity index is 523. The smallest absolute Gasteiger partial charge is 0.325 e. The molecule has 0 aromatic carbocycles. The molecule has 0 aliphatic rings. The SMILES string of the molecule is NC(C(=O)O)c1ccc2ncc(Br)n2c1. The normalized spacial score (nSPS) is 12.9. The van der Waals surface area contributed by atoms with E-state index in [1.165, 1.54) is 0 Å². The monoisotopic (exact) mass is 269 g/mol. The molecule has 0 amide bonds. The van der Waals surface area contributed by atoms with E-state index >= 15 is 0 Å².